The second-order valence-electron chi connectivity index (χ2n) is 8.41. The molecule has 0 fully saturated rings. The minimum Gasteiger partial charge on any atom is -0.378 e. The SMILES string of the molecule is CN(C)c1ccc(-c2nc(/C=C/c3ccc([N+](=O)[O-])cc3)[nH]c2-c2ccc(N(C)C)cc2)cc1. The van der Waals surface area contributed by atoms with Crippen molar-refractivity contribution < 1.29 is 4.92 Å². The van der Waals surface area contributed by atoms with Gasteiger partial charge in [0.1, 0.15) is 5.82 Å². The summed E-state index contributed by atoms with van der Waals surface area (Å²) in [5, 5.41) is 10.9. The molecule has 4 rings (SSSR count). The number of benzene rings is 3. The van der Waals surface area contributed by atoms with E-state index in [0.717, 1.165) is 39.5 Å². The number of H-pyrrole nitrogens is 1. The summed E-state index contributed by atoms with van der Waals surface area (Å²) in [6.45, 7) is 0. The zero-order valence-electron chi connectivity index (χ0n) is 19.7. The first-order valence-electron chi connectivity index (χ1n) is 10.9. The van der Waals surface area contributed by atoms with E-state index in [1.54, 1.807) is 12.1 Å². The summed E-state index contributed by atoms with van der Waals surface area (Å²) >= 11 is 0. The molecule has 1 N–H and O–H groups in total. The van der Waals surface area contributed by atoms with Gasteiger partial charge in [0.25, 0.3) is 5.69 Å². The molecule has 1 heterocycles. The molecule has 0 amide bonds. The monoisotopic (exact) mass is 453 g/mol. The number of imidazole rings is 1. The van der Waals surface area contributed by atoms with Gasteiger partial charge in [-0.2, -0.15) is 0 Å². The Morgan fingerprint density at radius 1 is 0.765 bits per heavy atom. The third-order valence-corrected chi connectivity index (χ3v) is 5.59. The first kappa shape index (κ1) is 22.8. The fraction of sp³-hybridized carbons (Fsp3) is 0.148. The summed E-state index contributed by atoms with van der Waals surface area (Å²) in [6, 6.07) is 23.1. The summed E-state index contributed by atoms with van der Waals surface area (Å²) < 4.78 is 0. The smallest absolute Gasteiger partial charge is 0.269 e. The van der Waals surface area contributed by atoms with E-state index in [1.165, 1.54) is 12.1 Å². The van der Waals surface area contributed by atoms with E-state index in [-0.39, 0.29) is 5.69 Å². The molecule has 7 nitrogen and oxygen atoms in total. The molecule has 0 saturated carbocycles. The highest BCUT2D eigenvalue weighted by molar-refractivity contribution is 5.82. The molecule has 3 aromatic carbocycles. The summed E-state index contributed by atoms with van der Waals surface area (Å²) in [7, 11) is 8.07. The number of nitro benzene ring substituents is 1. The second kappa shape index (κ2) is 9.62. The Labute approximate surface area is 199 Å². The van der Waals surface area contributed by atoms with Gasteiger partial charge in [0, 0.05) is 62.8 Å². The summed E-state index contributed by atoms with van der Waals surface area (Å²) in [4.78, 5) is 22.9. The van der Waals surface area contributed by atoms with Crippen LogP contribution in [0.4, 0.5) is 17.1 Å². The van der Waals surface area contributed by atoms with E-state index in [0.29, 0.717) is 5.82 Å². The molecule has 1 aromatic heterocycles. The minimum absolute atomic E-state index is 0.0714. The van der Waals surface area contributed by atoms with Gasteiger partial charge in [-0.05, 0) is 48.0 Å². The fourth-order valence-corrected chi connectivity index (χ4v) is 3.61. The van der Waals surface area contributed by atoms with Crippen LogP contribution >= 0.6 is 0 Å². The maximum absolute atomic E-state index is 10.9. The largest absolute Gasteiger partial charge is 0.378 e. The van der Waals surface area contributed by atoms with E-state index < -0.39 is 4.92 Å². The van der Waals surface area contributed by atoms with E-state index in [9.17, 15) is 10.1 Å². The number of aromatic nitrogens is 2. The number of anilines is 2. The number of nitro groups is 1. The van der Waals surface area contributed by atoms with E-state index in [4.69, 9.17) is 4.98 Å². The summed E-state index contributed by atoms with van der Waals surface area (Å²) in [5.41, 5.74) is 7.03. The number of nitrogens with one attached hydrogen (secondary N) is 1. The molecule has 0 aliphatic carbocycles. The number of aromatic amines is 1. The van der Waals surface area contributed by atoms with Gasteiger partial charge in [-0.15, -0.1) is 0 Å². The highest BCUT2D eigenvalue weighted by Crippen LogP contribution is 2.32. The van der Waals surface area contributed by atoms with Gasteiger partial charge in [-0.1, -0.05) is 30.3 Å². The van der Waals surface area contributed by atoms with E-state index >= 15 is 0 Å². The van der Waals surface area contributed by atoms with Gasteiger partial charge in [-0.25, -0.2) is 4.98 Å². The van der Waals surface area contributed by atoms with Crippen LogP contribution in [0.3, 0.4) is 0 Å². The van der Waals surface area contributed by atoms with Gasteiger partial charge < -0.3 is 14.8 Å². The molecule has 172 valence electrons. The zero-order chi connectivity index (χ0) is 24.2. The lowest BCUT2D eigenvalue weighted by Gasteiger charge is -2.13. The zero-order valence-corrected chi connectivity index (χ0v) is 19.7. The summed E-state index contributed by atoms with van der Waals surface area (Å²) in [6.07, 6.45) is 3.77. The standard InChI is InChI=1S/C27H27N5O2/c1-30(2)22-14-8-20(9-15-22)26-27(21-10-16-23(17-11-21)31(3)4)29-25(28-26)18-7-19-5-12-24(13-6-19)32(33)34/h5-18H,1-4H3,(H,28,29)/b18-7+. The van der Waals surface area contributed by atoms with Crippen molar-refractivity contribution in [2.24, 2.45) is 0 Å². The van der Waals surface area contributed by atoms with Crippen molar-refractivity contribution >= 4 is 29.2 Å². The van der Waals surface area contributed by atoms with Crippen molar-refractivity contribution in [1.82, 2.24) is 9.97 Å². The molecule has 0 saturated heterocycles. The van der Waals surface area contributed by atoms with Crippen molar-refractivity contribution in [3.8, 4) is 22.5 Å². The van der Waals surface area contributed by atoms with Crippen molar-refractivity contribution in [2.45, 2.75) is 0 Å². The molecular weight excluding hydrogens is 426 g/mol. The van der Waals surface area contributed by atoms with Crippen LogP contribution in [0.15, 0.2) is 72.8 Å². The third-order valence-electron chi connectivity index (χ3n) is 5.59. The lowest BCUT2D eigenvalue weighted by Crippen LogP contribution is -2.08. The van der Waals surface area contributed by atoms with Crippen LogP contribution in [-0.2, 0) is 0 Å². The summed E-state index contributed by atoms with van der Waals surface area (Å²) in [5.74, 6) is 0.705. The molecule has 0 aliphatic heterocycles. The molecule has 0 atom stereocenters. The number of nitrogens with zero attached hydrogens (tertiary/aromatic N) is 4. The van der Waals surface area contributed by atoms with E-state index in [1.807, 2.05) is 40.3 Å². The van der Waals surface area contributed by atoms with Crippen LogP contribution < -0.4 is 9.80 Å². The molecule has 0 radical (unpaired) electrons. The molecule has 34 heavy (non-hydrogen) atoms. The minimum atomic E-state index is -0.401. The molecule has 0 aliphatic rings. The molecule has 0 unspecified atom stereocenters. The van der Waals surface area contributed by atoms with Crippen molar-refractivity contribution in [3.05, 3.63) is 94.3 Å². The number of hydrogen-bond donors (Lipinski definition) is 1. The highest BCUT2D eigenvalue weighted by atomic mass is 16.6. The normalized spacial score (nSPS) is 11.1. The van der Waals surface area contributed by atoms with Crippen LogP contribution in [0.5, 0.6) is 0 Å². The van der Waals surface area contributed by atoms with Crippen molar-refractivity contribution in [3.63, 3.8) is 0 Å². The fourth-order valence-electron chi connectivity index (χ4n) is 3.61. The third kappa shape index (κ3) is 4.99. The van der Waals surface area contributed by atoms with Crippen LogP contribution in [0, 0.1) is 10.1 Å². The molecule has 4 aromatic rings. The molecule has 0 spiro atoms. The Morgan fingerprint density at radius 2 is 1.29 bits per heavy atom. The topological polar surface area (TPSA) is 78.3 Å². The lowest BCUT2D eigenvalue weighted by atomic mass is 10.0. The Bertz CT molecular complexity index is 1230. The van der Waals surface area contributed by atoms with Crippen LogP contribution in [0.25, 0.3) is 34.7 Å². The average molecular weight is 454 g/mol. The van der Waals surface area contributed by atoms with E-state index in [2.05, 4.69) is 63.3 Å². The van der Waals surface area contributed by atoms with Crippen LogP contribution in [0.2, 0.25) is 0 Å². The Balaban J connectivity index is 1.72. The predicted octanol–water partition coefficient (Wildman–Crippen LogP) is 5.95. The Kier molecular flexibility index (Phi) is 6.45. The first-order chi connectivity index (χ1) is 16.3. The molecule has 7 heteroatoms. The number of rotatable bonds is 7. The van der Waals surface area contributed by atoms with Gasteiger partial charge in [0.2, 0.25) is 0 Å². The van der Waals surface area contributed by atoms with Gasteiger partial charge in [0.15, 0.2) is 0 Å². The molecular formula is C27H27N5O2. The Morgan fingerprint density at radius 3 is 1.79 bits per heavy atom. The average Bonchev–Trinajstić information content (AvgIpc) is 3.27. The highest BCUT2D eigenvalue weighted by Gasteiger charge is 2.14. The van der Waals surface area contributed by atoms with Crippen molar-refractivity contribution in [1.29, 1.82) is 0 Å². The first-order valence-corrected chi connectivity index (χ1v) is 10.9. The lowest BCUT2D eigenvalue weighted by molar-refractivity contribution is -0.384. The predicted molar refractivity (Wildman–Crippen MR) is 140 cm³/mol. The Hall–Kier alpha value is -4.39. The second-order valence-corrected chi connectivity index (χ2v) is 8.41. The molecule has 0 bridgehead atoms. The van der Waals surface area contributed by atoms with Crippen molar-refractivity contribution in [2.75, 3.05) is 38.0 Å². The quantitative estimate of drug-likeness (QED) is 0.276. The van der Waals surface area contributed by atoms with Crippen LogP contribution in [0.1, 0.15) is 11.4 Å². The van der Waals surface area contributed by atoms with Gasteiger partial charge >= 0.3 is 0 Å². The maximum atomic E-state index is 10.9. The number of non-ortho nitro benzene ring substituents is 1. The maximum Gasteiger partial charge on any atom is 0.269 e. The number of hydrogen-bond acceptors (Lipinski definition) is 5. The van der Waals surface area contributed by atoms with Crippen LogP contribution in [-0.4, -0.2) is 43.1 Å². The van der Waals surface area contributed by atoms with Gasteiger partial charge in [-0.3, -0.25) is 10.1 Å². The van der Waals surface area contributed by atoms with Gasteiger partial charge in [0.05, 0.1) is 16.3 Å².